The number of benzene rings is 2. The number of para-hydroxylation sites is 1. The summed E-state index contributed by atoms with van der Waals surface area (Å²) in [7, 11) is 0. The van der Waals surface area contributed by atoms with Crippen molar-refractivity contribution in [2.45, 2.75) is 13.3 Å². The van der Waals surface area contributed by atoms with Crippen LogP contribution in [0, 0.1) is 6.92 Å². The Morgan fingerprint density at radius 3 is 2.70 bits per heavy atom. The van der Waals surface area contributed by atoms with Crippen LogP contribution in [-0.4, -0.2) is 19.2 Å². The van der Waals surface area contributed by atoms with Gasteiger partial charge in [0.25, 0.3) is 0 Å². The lowest BCUT2D eigenvalue weighted by molar-refractivity contribution is 0.250. The minimum atomic E-state index is -0.315. The Labute approximate surface area is 145 Å². The third-order valence-corrected chi connectivity index (χ3v) is 3.68. The highest BCUT2D eigenvalue weighted by Crippen LogP contribution is 2.25. The molecule has 2 rings (SSSR count). The van der Waals surface area contributed by atoms with Gasteiger partial charge in [-0.2, -0.15) is 0 Å². The SMILES string of the molecule is Cc1ccccc1OCCCNC(=O)Nc1ccc(Cl)cc1Cl. The van der Waals surface area contributed by atoms with E-state index in [1.807, 2.05) is 31.2 Å². The van der Waals surface area contributed by atoms with Gasteiger partial charge in [0.1, 0.15) is 5.75 Å². The van der Waals surface area contributed by atoms with Gasteiger partial charge in [0.2, 0.25) is 0 Å². The molecule has 23 heavy (non-hydrogen) atoms. The van der Waals surface area contributed by atoms with Gasteiger partial charge in [-0.25, -0.2) is 4.79 Å². The van der Waals surface area contributed by atoms with Crippen LogP contribution >= 0.6 is 23.2 Å². The molecule has 0 aromatic heterocycles. The molecule has 0 aliphatic carbocycles. The van der Waals surface area contributed by atoms with Crippen LogP contribution in [0.4, 0.5) is 10.5 Å². The van der Waals surface area contributed by atoms with Crippen LogP contribution in [-0.2, 0) is 0 Å². The van der Waals surface area contributed by atoms with Crippen LogP contribution in [0.15, 0.2) is 42.5 Å². The predicted molar refractivity (Wildman–Crippen MR) is 94.8 cm³/mol. The summed E-state index contributed by atoms with van der Waals surface area (Å²) in [4.78, 5) is 11.8. The van der Waals surface area contributed by atoms with Crippen molar-refractivity contribution in [2.75, 3.05) is 18.5 Å². The standard InChI is InChI=1S/C17H18Cl2N2O2/c1-12-5-2-3-6-16(12)23-10-4-9-20-17(22)21-15-8-7-13(18)11-14(15)19/h2-3,5-8,11H,4,9-10H2,1H3,(H2,20,21,22). The Hall–Kier alpha value is -1.91. The molecule has 0 radical (unpaired) electrons. The number of urea groups is 1. The molecule has 0 spiro atoms. The van der Waals surface area contributed by atoms with Crippen molar-refractivity contribution < 1.29 is 9.53 Å². The maximum Gasteiger partial charge on any atom is 0.319 e. The average molecular weight is 353 g/mol. The number of carbonyl (C=O) groups is 1. The van der Waals surface area contributed by atoms with Crippen molar-refractivity contribution >= 4 is 34.9 Å². The van der Waals surface area contributed by atoms with E-state index in [-0.39, 0.29) is 6.03 Å². The van der Waals surface area contributed by atoms with Crippen molar-refractivity contribution in [3.8, 4) is 5.75 Å². The molecule has 0 aliphatic heterocycles. The molecular weight excluding hydrogens is 335 g/mol. The fraction of sp³-hybridized carbons (Fsp3) is 0.235. The Morgan fingerprint density at radius 2 is 1.96 bits per heavy atom. The molecule has 122 valence electrons. The topological polar surface area (TPSA) is 50.4 Å². The maximum absolute atomic E-state index is 11.8. The predicted octanol–water partition coefficient (Wildman–Crippen LogP) is 4.89. The van der Waals surface area contributed by atoms with Crippen molar-refractivity contribution in [3.05, 3.63) is 58.1 Å². The lowest BCUT2D eigenvalue weighted by atomic mass is 10.2. The second-order valence-corrected chi connectivity index (χ2v) is 5.82. The van der Waals surface area contributed by atoms with Crippen molar-refractivity contribution in [2.24, 2.45) is 0 Å². The maximum atomic E-state index is 11.8. The molecular formula is C17H18Cl2N2O2. The highest BCUT2D eigenvalue weighted by Gasteiger charge is 2.05. The Morgan fingerprint density at radius 1 is 1.17 bits per heavy atom. The molecule has 2 N–H and O–H groups in total. The van der Waals surface area contributed by atoms with E-state index in [9.17, 15) is 4.79 Å². The number of amides is 2. The van der Waals surface area contributed by atoms with Crippen molar-refractivity contribution in [1.82, 2.24) is 5.32 Å². The zero-order chi connectivity index (χ0) is 16.7. The van der Waals surface area contributed by atoms with Crippen LogP contribution < -0.4 is 15.4 Å². The van der Waals surface area contributed by atoms with Crippen LogP contribution in [0.25, 0.3) is 0 Å². The van der Waals surface area contributed by atoms with E-state index in [0.717, 1.165) is 11.3 Å². The molecule has 0 fully saturated rings. The summed E-state index contributed by atoms with van der Waals surface area (Å²) in [5.41, 5.74) is 1.61. The highest BCUT2D eigenvalue weighted by molar-refractivity contribution is 6.36. The summed E-state index contributed by atoms with van der Waals surface area (Å²) in [5.74, 6) is 0.866. The summed E-state index contributed by atoms with van der Waals surface area (Å²) < 4.78 is 5.66. The van der Waals surface area contributed by atoms with Crippen molar-refractivity contribution in [1.29, 1.82) is 0 Å². The minimum absolute atomic E-state index is 0.315. The zero-order valence-corrected chi connectivity index (χ0v) is 14.2. The summed E-state index contributed by atoms with van der Waals surface area (Å²) >= 11 is 11.8. The molecule has 2 amide bonds. The second kappa shape index (κ2) is 8.65. The number of halogens is 2. The van der Waals surface area contributed by atoms with Gasteiger partial charge >= 0.3 is 6.03 Å². The number of aryl methyl sites for hydroxylation is 1. The molecule has 0 aliphatic rings. The number of carbonyl (C=O) groups excluding carboxylic acids is 1. The molecule has 0 saturated carbocycles. The quantitative estimate of drug-likeness (QED) is 0.727. The van der Waals surface area contributed by atoms with E-state index >= 15 is 0 Å². The first-order chi connectivity index (χ1) is 11.1. The van der Waals surface area contributed by atoms with Gasteiger partial charge < -0.3 is 15.4 Å². The number of nitrogens with one attached hydrogen (secondary N) is 2. The molecule has 0 unspecified atom stereocenters. The lowest BCUT2D eigenvalue weighted by Crippen LogP contribution is -2.30. The monoisotopic (exact) mass is 352 g/mol. The van der Waals surface area contributed by atoms with Gasteiger partial charge in [-0.3, -0.25) is 0 Å². The van der Waals surface area contributed by atoms with Crippen LogP contribution in [0.2, 0.25) is 10.0 Å². The van der Waals surface area contributed by atoms with Crippen LogP contribution in [0.1, 0.15) is 12.0 Å². The smallest absolute Gasteiger partial charge is 0.319 e. The van der Waals surface area contributed by atoms with Gasteiger partial charge in [-0.1, -0.05) is 41.4 Å². The van der Waals surface area contributed by atoms with E-state index < -0.39 is 0 Å². The van der Waals surface area contributed by atoms with Gasteiger partial charge in [0.05, 0.1) is 17.3 Å². The Kier molecular flexibility index (Phi) is 6.56. The third kappa shape index (κ3) is 5.66. The lowest BCUT2D eigenvalue weighted by Gasteiger charge is -2.11. The summed E-state index contributed by atoms with van der Waals surface area (Å²) in [6.07, 6.45) is 0.704. The number of rotatable bonds is 6. The highest BCUT2D eigenvalue weighted by atomic mass is 35.5. The van der Waals surface area contributed by atoms with Gasteiger partial charge in [0, 0.05) is 11.6 Å². The summed E-state index contributed by atoms with van der Waals surface area (Å²) in [5, 5.41) is 6.35. The molecule has 0 atom stereocenters. The first-order valence-electron chi connectivity index (χ1n) is 7.24. The first kappa shape index (κ1) is 17.4. The first-order valence-corrected chi connectivity index (χ1v) is 8.00. The number of anilines is 1. The van der Waals surface area contributed by atoms with E-state index in [2.05, 4.69) is 10.6 Å². The van der Waals surface area contributed by atoms with Gasteiger partial charge in [-0.05, 0) is 43.2 Å². The molecule has 0 bridgehead atoms. The molecule has 6 heteroatoms. The fourth-order valence-corrected chi connectivity index (χ4v) is 2.39. The largest absolute Gasteiger partial charge is 0.493 e. The fourth-order valence-electron chi connectivity index (χ4n) is 1.93. The second-order valence-electron chi connectivity index (χ2n) is 4.97. The van der Waals surface area contributed by atoms with E-state index in [4.69, 9.17) is 27.9 Å². The molecule has 2 aromatic rings. The Bertz CT molecular complexity index is 677. The van der Waals surface area contributed by atoms with Crippen LogP contribution in [0.5, 0.6) is 5.75 Å². The molecule has 0 saturated heterocycles. The van der Waals surface area contributed by atoms with E-state index in [0.29, 0.717) is 35.3 Å². The summed E-state index contributed by atoms with van der Waals surface area (Å²) in [6, 6.07) is 12.4. The minimum Gasteiger partial charge on any atom is -0.493 e. The number of hydrogen-bond acceptors (Lipinski definition) is 2. The van der Waals surface area contributed by atoms with E-state index in [1.54, 1.807) is 18.2 Å². The Balaban J connectivity index is 1.68. The number of hydrogen-bond donors (Lipinski definition) is 2. The summed E-state index contributed by atoms with van der Waals surface area (Å²) in [6.45, 7) is 3.03. The molecule has 4 nitrogen and oxygen atoms in total. The third-order valence-electron chi connectivity index (χ3n) is 3.14. The van der Waals surface area contributed by atoms with Crippen LogP contribution in [0.3, 0.4) is 0 Å². The van der Waals surface area contributed by atoms with Gasteiger partial charge in [-0.15, -0.1) is 0 Å². The normalized spacial score (nSPS) is 10.2. The molecule has 2 aromatic carbocycles. The number of ether oxygens (including phenoxy) is 1. The van der Waals surface area contributed by atoms with Crippen molar-refractivity contribution in [3.63, 3.8) is 0 Å². The zero-order valence-electron chi connectivity index (χ0n) is 12.7. The average Bonchev–Trinajstić information content (AvgIpc) is 2.51. The van der Waals surface area contributed by atoms with E-state index in [1.165, 1.54) is 0 Å². The molecule has 0 heterocycles. The van der Waals surface area contributed by atoms with Gasteiger partial charge in [0.15, 0.2) is 0 Å².